The summed E-state index contributed by atoms with van der Waals surface area (Å²) in [6.07, 6.45) is -0.309. The van der Waals surface area contributed by atoms with Gasteiger partial charge in [0.1, 0.15) is 0 Å². The first-order valence-electron chi connectivity index (χ1n) is 3.78. The van der Waals surface area contributed by atoms with Crippen molar-refractivity contribution in [3.63, 3.8) is 0 Å². The van der Waals surface area contributed by atoms with Gasteiger partial charge in [-0.1, -0.05) is 11.6 Å². The summed E-state index contributed by atoms with van der Waals surface area (Å²) in [5, 5.41) is 17.3. The number of nitro groups is 1. The molecule has 0 bridgehead atoms. The molecule has 1 aromatic rings. The number of methoxy groups -OCH3 is 1. The van der Waals surface area contributed by atoms with Crippen LogP contribution in [0.2, 0.25) is 5.15 Å². The summed E-state index contributed by atoms with van der Waals surface area (Å²) in [7, 11) is 1.18. The van der Waals surface area contributed by atoms with Crippen molar-refractivity contribution in [3.8, 4) is 0 Å². The molecule has 0 unspecified atom stereocenters. The largest absolute Gasteiger partial charge is 0.469 e. The average Bonchev–Trinajstić information content (AvgIpc) is 2.20. The van der Waals surface area contributed by atoms with E-state index in [1.54, 1.807) is 0 Å². The van der Waals surface area contributed by atoms with Gasteiger partial charge in [-0.25, -0.2) is 0 Å². The van der Waals surface area contributed by atoms with Crippen LogP contribution in [0.4, 0.5) is 5.69 Å². The van der Waals surface area contributed by atoms with Crippen LogP contribution < -0.4 is 0 Å². The van der Waals surface area contributed by atoms with Crippen LogP contribution in [-0.4, -0.2) is 28.2 Å². The van der Waals surface area contributed by atoms with Gasteiger partial charge < -0.3 is 4.74 Å². The number of ether oxygens (including phenoxy) is 1. The summed E-state index contributed by atoms with van der Waals surface area (Å²) in [5.41, 5.74) is -0.420. The van der Waals surface area contributed by atoms with E-state index < -0.39 is 10.9 Å². The smallest absolute Gasteiger partial charge is 0.311 e. The highest BCUT2D eigenvalue weighted by Gasteiger charge is 2.19. The molecule has 0 aliphatic rings. The minimum absolute atomic E-state index is 0.0729. The van der Waals surface area contributed by atoms with E-state index in [0.29, 0.717) is 0 Å². The number of halogens is 1. The standard InChI is InChI=1S/C7H6ClN3O4/c1-15-7(12)2-4-5(11(13)14)3-6(8)10-9-4/h3H,2H2,1H3. The summed E-state index contributed by atoms with van der Waals surface area (Å²) in [6.45, 7) is 0. The van der Waals surface area contributed by atoms with Crippen LogP contribution in [0.3, 0.4) is 0 Å². The van der Waals surface area contributed by atoms with E-state index in [9.17, 15) is 14.9 Å². The highest BCUT2D eigenvalue weighted by Crippen LogP contribution is 2.19. The van der Waals surface area contributed by atoms with Crippen molar-refractivity contribution in [3.05, 3.63) is 27.0 Å². The predicted octanol–water partition coefficient (Wildman–Crippen LogP) is 0.754. The fourth-order valence-electron chi connectivity index (χ4n) is 0.877. The van der Waals surface area contributed by atoms with E-state index in [4.69, 9.17) is 11.6 Å². The fraction of sp³-hybridized carbons (Fsp3) is 0.286. The molecular formula is C7H6ClN3O4. The summed E-state index contributed by atoms with van der Waals surface area (Å²) in [5.74, 6) is -0.630. The van der Waals surface area contributed by atoms with Crippen LogP contribution in [0.5, 0.6) is 0 Å². The van der Waals surface area contributed by atoms with E-state index in [1.807, 2.05) is 0 Å². The Bertz CT molecular complexity index is 409. The molecule has 80 valence electrons. The zero-order valence-electron chi connectivity index (χ0n) is 7.64. The first-order valence-corrected chi connectivity index (χ1v) is 4.15. The first kappa shape index (κ1) is 11.3. The minimum Gasteiger partial charge on any atom is -0.469 e. The van der Waals surface area contributed by atoms with Crippen molar-refractivity contribution in [2.24, 2.45) is 0 Å². The summed E-state index contributed by atoms with van der Waals surface area (Å²) >= 11 is 5.44. The van der Waals surface area contributed by atoms with Crippen molar-refractivity contribution in [1.29, 1.82) is 0 Å². The van der Waals surface area contributed by atoms with Gasteiger partial charge in [0.25, 0.3) is 5.69 Å². The number of esters is 1. The molecule has 15 heavy (non-hydrogen) atoms. The van der Waals surface area contributed by atoms with Gasteiger partial charge in [0.15, 0.2) is 10.8 Å². The molecule has 8 heteroatoms. The van der Waals surface area contributed by atoms with E-state index >= 15 is 0 Å². The van der Waals surface area contributed by atoms with Crippen LogP contribution in [-0.2, 0) is 16.0 Å². The number of carbonyl (C=O) groups excluding carboxylic acids is 1. The molecule has 7 nitrogen and oxygen atoms in total. The van der Waals surface area contributed by atoms with E-state index in [2.05, 4.69) is 14.9 Å². The SMILES string of the molecule is COC(=O)Cc1nnc(Cl)cc1[N+](=O)[O-]. The second-order valence-corrected chi connectivity index (χ2v) is 2.90. The van der Waals surface area contributed by atoms with Gasteiger partial charge in [0, 0.05) is 0 Å². The Hall–Kier alpha value is -1.76. The van der Waals surface area contributed by atoms with Gasteiger partial charge in [0.2, 0.25) is 0 Å². The van der Waals surface area contributed by atoms with Gasteiger partial charge in [-0.2, -0.15) is 0 Å². The molecule has 0 N–H and O–H groups in total. The number of rotatable bonds is 3. The minimum atomic E-state index is -0.682. The zero-order chi connectivity index (χ0) is 11.4. The maximum absolute atomic E-state index is 10.9. The third-order valence-electron chi connectivity index (χ3n) is 1.55. The molecule has 1 aromatic heterocycles. The molecule has 0 aliphatic heterocycles. The first-order chi connectivity index (χ1) is 7.04. The summed E-state index contributed by atoms with van der Waals surface area (Å²) in [4.78, 5) is 20.8. The third-order valence-corrected chi connectivity index (χ3v) is 1.74. The highest BCUT2D eigenvalue weighted by molar-refractivity contribution is 6.29. The Balaban J connectivity index is 3.06. The molecule has 0 spiro atoms. The highest BCUT2D eigenvalue weighted by atomic mass is 35.5. The molecule has 0 saturated heterocycles. The Labute approximate surface area is 89.2 Å². The molecule has 0 aromatic carbocycles. The topological polar surface area (TPSA) is 95.2 Å². The van der Waals surface area contributed by atoms with Gasteiger partial charge in [0.05, 0.1) is 24.5 Å². The average molecular weight is 232 g/mol. The Kier molecular flexibility index (Phi) is 3.51. The molecule has 0 atom stereocenters. The maximum atomic E-state index is 10.9. The molecule has 0 radical (unpaired) electrons. The van der Waals surface area contributed by atoms with Gasteiger partial charge in [-0.05, 0) is 0 Å². The number of nitrogens with zero attached hydrogens (tertiary/aromatic N) is 3. The van der Waals surface area contributed by atoms with Gasteiger partial charge in [-0.15, -0.1) is 10.2 Å². The lowest BCUT2D eigenvalue weighted by molar-refractivity contribution is -0.386. The fourth-order valence-corrected chi connectivity index (χ4v) is 1.02. The molecule has 0 aliphatic carbocycles. The van der Waals surface area contributed by atoms with E-state index in [1.165, 1.54) is 7.11 Å². The molecular weight excluding hydrogens is 226 g/mol. The molecule has 0 amide bonds. The quantitative estimate of drug-likeness (QED) is 0.433. The predicted molar refractivity (Wildman–Crippen MR) is 49.4 cm³/mol. The van der Waals surface area contributed by atoms with Crippen molar-refractivity contribution < 1.29 is 14.5 Å². The number of aromatic nitrogens is 2. The van der Waals surface area contributed by atoms with E-state index in [0.717, 1.165) is 6.07 Å². The zero-order valence-corrected chi connectivity index (χ0v) is 8.39. The van der Waals surface area contributed by atoms with Crippen molar-refractivity contribution in [2.75, 3.05) is 7.11 Å². The van der Waals surface area contributed by atoms with Crippen LogP contribution in [0.1, 0.15) is 5.69 Å². The van der Waals surface area contributed by atoms with Crippen molar-refractivity contribution in [1.82, 2.24) is 10.2 Å². The maximum Gasteiger partial charge on any atom is 0.311 e. The molecule has 0 fully saturated rings. The van der Waals surface area contributed by atoms with Crippen molar-refractivity contribution in [2.45, 2.75) is 6.42 Å². The third kappa shape index (κ3) is 2.84. The number of hydrogen-bond donors (Lipinski definition) is 0. The Morgan fingerprint density at radius 3 is 2.87 bits per heavy atom. The lowest BCUT2D eigenvalue weighted by Gasteiger charge is -1.99. The van der Waals surface area contributed by atoms with Crippen LogP contribution in [0.25, 0.3) is 0 Å². The van der Waals surface area contributed by atoms with Gasteiger partial charge in [-0.3, -0.25) is 14.9 Å². The normalized spacial score (nSPS) is 9.73. The monoisotopic (exact) mass is 231 g/mol. The lowest BCUT2D eigenvalue weighted by atomic mass is 10.2. The second-order valence-electron chi connectivity index (χ2n) is 2.51. The van der Waals surface area contributed by atoms with Gasteiger partial charge >= 0.3 is 5.97 Å². The number of carbonyl (C=O) groups is 1. The second kappa shape index (κ2) is 4.65. The Morgan fingerprint density at radius 1 is 1.67 bits per heavy atom. The molecule has 1 heterocycles. The lowest BCUT2D eigenvalue weighted by Crippen LogP contribution is -2.09. The van der Waals surface area contributed by atoms with Crippen LogP contribution >= 0.6 is 11.6 Å². The van der Waals surface area contributed by atoms with Crippen molar-refractivity contribution >= 4 is 23.3 Å². The summed E-state index contributed by atoms with van der Waals surface area (Å²) < 4.78 is 4.36. The Morgan fingerprint density at radius 2 is 2.33 bits per heavy atom. The summed E-state index contributed by atoms with van der Waals surface area (Å²) in [6, 6.07) is 1.03. The van der Waals surface area contributed by atoms with E-state index in [-0.39, 0.29) is 23.0 Å². The van der Waals surface area contributed by atoms with Crippen LogP contribution in [0.15, 0.2) is 6.07 Å². The molecule has 0 saturated carbocycles. The molecule has 1 rings (SSSR count). The number of hydrogen-bond acceptors (Lipinski definition) is 6. The van der Waals surface area contributed by atoms with Crippen LogP contribution in [0, 0.1) is 10.1 Å².